The number of unbranched alkanes of at least 4 members (excludes halogenated alkanes) is 1. The fraction of sp³-hybridized carbons (Fsp3) is 0.333. The van der Waals surface area contributed by atoms with Gasteiger partial charge in [0.2, 0.25) is 5.91 Å². The van der Waals surface area contributed by atoms with E-state index in [1.165, 1.54) is 11.1 Å². The molecule has 0 saturated carbocycles. The molecule has 1 aliphatic heterocycles. The highest BCUT2D eigenvalue weighted by Crippen LogP contribution is 2.34. The van der Waals surface area contributed by atoms with Gasteiger partial charge in [-0.1, -0.05) is 90.1 Å². The highest BCUT2D eigenvalue weighted by Gasteiger charge is 2.39. The lowest BCUT2D eigenvalue weighted by Gasteiger charge is -2.36. The summed E-state index contributed by atoms with van der Waals surface area (Å²) >= 11 is 1.79. The molecule has 2 N–H and O–H groups in total. The topological polar surface area (TPSA) is 56.7 Å². The lowest BCUT2D eigenvalue weighted by Crippen LogP contribution is -2.51. The zero-order chi connectivity index (χ0) is 25.2. The number of benzene rings is 3. The maximum Gasteiger partial charge on any atom is 0.220 e. The van der Waals surface area contributed by atoms with E-state index >= 15 is 0 Å². The van der Waals surface area contributed by atoms with E-state index < -0.39 is 0 Å². The second-order valence-electron chi connectivity index (χ2n) is 9.51. The van der Waals surface area contributed by atoms with Gasteiger partial charge in [-0.05, 0) is 62.8 Å². The first-order valence-corrected chi connectivity index (χ1v) is 13.7. The van der Waals surface area contributed by atoms with Crippen LogP contribution >= 0.6 is 11.8 Å². The number of carbonyl (C=O) groups excluding carboxylic acids is 1. The number of amidine groups is 1. The van der Waals surface area contributed by atoms with E-state index in [1.807, 2.05) is 36.4 Å². The molecule has 4 rings (SSSR count). The Morgan fingerprint density at radius 2 is 1.69 bits per heavy atom. The minimum Gasteiger partial charge on any atom is -0.352 e. The molecule has 0 fully saturated rings. The molecule has 6 heteroatoms. The summed E-state index contributed by atoms with van der Waals surface area (Å²) in [4.78, 5) is 14.6. The van der Waals surface area contributed by atoms with Crippen molar-refractivity contribution in [2.45, 2.75) is 58.2 Å². The van der Waals surface area contributed by atoms with Crippen LogP contribution in [-0.2, 0) is 17.8 Å². The van der Waals surface area contributed by atoms with Crippen molar-refractivity contribution in [3.05, 3.63) is 102 Å². The summed E-state index contributed by atoms with van der Waals surface area (Å²) in [5.41, 5.74) is 8.00. The molecule has 1 heterocycles. The zero-order valence-electron chi connectivity index (χ0n) is 21.2. The summed E-state index contributed by atoms with van der Waals surface area (Å²) in [6.45, 7) is 4.92. The predicted octanol–water partition coefficient (Wildman–Crippen LogP) is 6.24. The summed E-state index contributed by atoms with van der Waals surface area (Å²) < 4.78 is 0. The average molecular weight is 501 g/mol. The van der Waals surface area contributed by atoms with Crippen molar-refractivity contribution in [1.29, 1.82) is 0 Å². The quantitative estimate of drug-likeness (QED) is 0.306. The van der Waals surface area contributed by atoms with Crippen LogP contribution in [0.2, 0.25) is 0 Å². The lowest BCUT2D eigenvalue weighted by atomic mass is 10.0. The minimum absolute atomic E-state index is 0.104. The van der Waals surface area contributed by atoms with Crippen LogP contribution in [0.3, 0.4) is 0 Å². The Morgan fingerprint density at radius 1 is 0.972 bits per heavy atom. The largest absolute Gasteiger partial charge is 0.352 e. The fourth-order valence-corrected chi connectivity index (χ4v) is 5.55. The molecular weight excluding hydrogens is 464 g/mol. The monoisotopic (exact) mass is 500 g/mol. The molecule has 0 radical (unpaired) electrons. The normalized spacial score (nSPS) is 16.9. The van der Waals surface area contributed by atoms with E-state index in [0.717, 1.165) is 47.9 Å². The number of anilines is 1. The van der Waals surface area contributed by atoms with Gasteiger partial charge >= 0.3 is 0 Å². The molecule has 1 atom stereocenters. The number of thioether (sulfide) groups is 1. The molecule has 3 aromatic rings. The minimum atomic E-state index is -0.326. The molecule has 0 spiro atoms. The molecule has 0 aromatic heterocycles. The summed E-state index contributed by atoms with van der Waals surface area (Å²) in [7, 11) is 0. The SMILES string of the molecule is Cc1cccc(CCSC2=NNC(C)(CCCCC(=O)NCc3ccccc3)N2c2ccccc2)c1. The molecule has 188 valence electrons. The molecule has 1 aliphatic rings. The third-order valence-corrected chi connectivity index (χ3v) is 7.39. The highest BCUT2D eigenvalue weighted by molar-refractivity contribution is 8.14. The number of nitrogens with one attached hydrogen (secondary N) is 2. The number of nitrogens with zero attached hydrogens (tertiary/aromatic N) is 2. The Labute approximate surface area is 219 Å². The number of hydrogen-bond donors (Lipinski definition) is 2. The lowest BCUT2D eigenvalue weighted by molar-refractivity contribution is -0.121. The Balaban J connectivity index is 1.29. The second-order valence-corrected chi connectivity index (χ2v) is 10.6. The third kappa shape index (κ3) is 7.14. The van der Waals surface area contributed by atoms with Gasteiger partial charge in [-0.2, -0.15) is 5.10 Å². The van der Waals surface area contributed by atoms with Gasteiger partial charge in [0.25, 0.3) is 0 Å². The second kappa shape index (κ2) is 12.6. The number of aryl methyl sites for hydroxylation is 2. The predicted molar refractivity (Wildman–Crippen MR) is 152 cm³/mol. The number of rotatable bonds is 11. The van der Waals surface area contributed by atoms with Gasteiger partial charge in [-0.3, -0.25) is 15.1 Å². The van der Waals surface area contributed by atoms with Crippen molar-refractivity contribution < 1.29 is 4.79 Å². The molecular formula is C30H36N4OS. The smallest absolute Gasteiger partial charge is 0.220 e. The van der Waals surface area contributed by atoms with Crippen molar-refractivity contribution in [3.63, 3.8) is 0 Å². The maximum absolute atomic E-state index is 12.3. The van der Waals surface area contributed by atoms with Crippen LogP contribution < -0.4 is 15.6 Å². The van der Waals surface area contributed by atoms with Gasteiger partial charge in [0.05, 0.1) is 0 Å². The summed E-state index contributed by atoms with van der Waals surface area (Å²) in [5, 5.41) is 8.77. The first-order valence-electron chi connectivity index (χ1n) is 12.7. The number of hydrazone groups is 1. The zero-order valence-corrected chi connectivity index (χ0v) is 22.1. The van der Waals surface area contributed by atoms with Gasteiger partial charge in [-0.15, -0.1) is 0 Å². The molecule has 1 amide bonds. The summed E-state index contributed by atoms with van der Waals surface area (Å²) in [6.07, 6.45) is 4.20. The van der Waals surface area contributed by atoms with Crippen molar-refractivity contribution >= 4 is 28.5 Å². The average Bonchev–Trinajstić information content (AvgIpc) is 3.22. The third-order valence-electron chi connectivity index (χ3n) is 6.45. The van der Waals surface area contributed by atoms with Crippen LogP contribution in [0.4, 0.5) is 5.69 Å². The van der Waals surface area contributed by atoms with Gasteiger partial charge in [0.15, 0.2) is 5.17 Å². The fourth-order valence-electron chi connectivity index (χ4n) is 4.48. The van der Waals surface area contributed by atoms with E-state index in [4.69, 9.17) is 5.10 Å². The van der Waals surface area contributed by atoms with E-state index in [1.54, 1.807) is 11.8 Å². The molecule has 3 aromatic carbocycles. The van der Waals surface area contributed by atoms with Crippen LogP contribution in [0.25, 0.3) is 0 Å². The van der Waals surface area contributed by atoms with E-state index in [0.29, 0.717) is 13.0 Å². The summed E-state index contributed by atoms with van der Waals surface area (Å²) in [5.74, 6) is 1.07. The van der Waals surface area contributed by atoms with Crippen molar-refractivity contribution in [2.75, 3.05) is 10.7 Å². The van der Waals surface area contributed by atoms with Gasteiger partial charge < -0.3 is 5.32 Å². The Morgan fingerprint density at radius 3 is 2.44 bits per heavy atom. The first kappa shape index (κ1) is 25.8. The van der Waals surface area contributed by atoms with Crippen LogP contribution in [0, 0.1) is 6.92 Å². The van der Waals surface area contributed by atoms with Crippen molar-refractivity contribution in [2.24, 2.45) is 5.10 Å². The highest BCUT2D eigenvalue weighted by atomic mass is 32.2. The number of carbonyl (C=O) groups is 1. The Kier molecular flexibility index (Phi) is 9.06. The molecule has 0 aliphatic carbocycles. The van der Waals surface area contributed by atoms with Crippen LogP contribution in [0.1, 0.15) is 49.3 Å². The van der Waals surface area contributed by atoms with Crippen LogP contribution in [0.15, 0.2) is 90.0 Å². The van der Waals surface area contributed by atoms with E-state index in [-0.39, 0.29) is 11.6 Å². The Hall–Kier alpha value is -3.25. The van der Waals surface area contributed by atoms with Gasteiger partial charge in [-0.25, -0.2) is 0 Å². The van der Waals surface area contributed by atoms with Crippen molar-refractivity contribution in [1.82, 2.24) is 10.7 Å². The molecule has 5 nitrogen and oxygen atoms in total. The molecule has 0 saturated heterocycles. The summed E-state index contributed by atoms with van der Waals surface area (Å²) in [6, 6.07) is 29.2. The molecule has 36 heavy (non-hydrogen) atoms. The van der Waals surface area contributed by atoms with E-state index in [2.05, 4.69) is 78.0 Å². The van der Waals surface area contributed by atoms with Crippen LogP contribution in [0.5, 0.6) is 0 Å². The number of para-hydroxylation sites is 1. The number of hydrogen-bond acceptors (Lipinski definition) is 5. The van der Waals surface area contributed by atoms with Gasteiger partial charge in [0, 0.05) is 24.4 Å². The van der Waals surface area contributed by atoms with Gasteiger partial charge in [0.1, 0.15) is 5.66 Å². The van der Waals surface area contributed by atoms with Crippen LogP contribution in [-0.4, -0.2) is 22.5 Å². The van der Waals surface area contributed by atoms with Crippen molar-refractivity contribution in [3.8, 4) is 0 Å². The standard InChI is InChI=1S/C30H36N4OS/c1-24-12-11-15-25(22-24)19-21-36-29-32-33-30(2,34(29)27-16-7-4-8-17-27)20-10-9-18-28(35)31-23-26-13-5-3-6-14-26/h3-8,11-17,22,33H,9-10,18-21,23H2,1-2H3,(H,31,35). The van der Waals surface area contributed by atoms with E-state index in [9.17, 15) is 4.79 Å². The Bertz CT molecular complexity index is 1150. The maximum atomic E-state index is 12.3. The molecule has 1 unspecified atom stereocenters. The molecule has 0 bridgehead atoms. The first-order chi connectivity index (χ1) is 17.5. The number of amides is 1.